The molecule has 0 radical (unpaired) electrons. The number of benzene rings is 2. The summed E-state index contributed by atoms with van der Waals surface area (Å²) in [6.07, 6.45) is 1.94. The lowest BCUT2D eigenvalue weighted by molar-refractivity contribution is -0.116. The van der Waals surface area contributed by atoms with Gasteiger partial charge in [0.2, 0.25) is 5.91 Å². The monoisotopic (exact) mass is 248 g/mol. The molecule has 92 valence electrons. The highest BCUT2D eigenvalue weighted by Crippen LogP contribution is 2.39. The van der Waals surface area contributed by atoms with Crippen molar-refractivity contribution in [3.05, 3.63) is 65.9 Å². The summed E-state index contributed by atoms with van der Waals surface area (Å²) in [7, 11) is 0. The van der Waals surface area contributed by atoms with E-state index in [1.165, 1.54) is 0 Å². The van der Waals surface area contributed by atoms with Crippen molar-refractivity contribution in [3.8, 4) is 0 Å². The Morgan fingerprint density at radius 1 is 0.895 bits per heavy atom. The van der Waals surface area contributed by atoms with E-state index in [-0.39, 0.29) is 11.8 Å². The average Bonchev–Trinajstić information content (AvgIpc) is 2.98. The molecule has 3 heteroatoms. The number of aromatic nitrogens is 1. The molecule has 0 saturated heterocycles. The minimum atomic E-state index is -0.215. The van der Waals surface area contributed by atoms with E-state index in [1.807, 2.05) is 48.7 Å². The predicted molar refractivity (Wildman–Crippen MR) is 75.2 cm³/mol. The third kappa shape index (κ3) is 1.41. The Morgan fingerprint density at radius 3 is 2.63 bits per heavy atom. The van der Waals surface area contributed by atoms with E-state index in [9.17, 15) is 4.79 Å². The lowest BCUT2D eigenvalue weighted by Crippen LogP contribution is -2.12. The number of hydrogen-bond donors (Lipinski definition) is 2. The van der Waals surface area contributed by atoms with Gasteiger partial charge in [-0.1, -0.05) is 36.4 Å². The number of nitrogens with one attached hydrogen (secondary N) is 2. The number of H-pyrrole nitrogens is 1. The van der Waals surface area contributed by atoms with Gasteiger partial charge in [-0.3, -0.25) is 4.79 Å². The van der Waals surface area contributed by atoms with Gasteiger partial charge < -0.3 is 10.3 Å². The number of hydrogen-bond acceptors (Lipinski definition) is 1. The van der Waals surface area contributed by atoms with Gasteiger partial charge >= 0.3 is 0 Å². The van der Waals surface area contributed by atoms with Crippen molar-refractivity contribution in [1.29, 1.82) is 0 Å². The van der Waals surface area contributed by atoms with Crippen LogP contribution in [0.3, 0.4) is 0 Å². The quantitative estimate of drug-likeness (QED) is 0.682. The smallest absolute Gasteiger partial charge is 0.236 e. The van der Waals surface area contributed by atoms with Gasteiger partial charge in [-0.15, -0.1) is 0 Å². The zero-order chi connectivity index (χ0) is 12.8. The van der Waals surface area contributed by atoms with Crippen molar-refractivity contribution in [2.24, 2.45) is 0 Å². The number of aromatic amines is 1. The Bertz CT molecular complexity index is 788. The van der Waals surface area contributed by atoms with Crippen LogP contribution in [0.2, 0.25) is 0 Å². The number of rotatable bonds is 1. The number of carbonyl (C=O) groups excluding carboxylic acids is 1. The molecule has 4 rings (SSSR count). The standard InChI is InChI=1S/C16H12N2O/c19-16-15(11-6-2-4-8-14(11)18-16)12-9-17-13-7-3-1-5-10(12)13/h1-9,15,17H,(H,18,19). The number of para-hydroxylation sites is 2. The molecule has 3 nitrogen and oxygen atoms in total. The minimum Gasteiger partial charge on any atom is -0.361 e. The van der Waals surface area contributed by atoms with Gasteiger partial charge in [-0.2, -0.15) is 0 Å². The topological polar surface area (TPSA) is 44.9 Å². The maximum atomic E-state index is 12.2. The fourth-order valence-corrected chi connectivity index (χ4v) is 2.85. The van der Waals surface area contributed by atoms with E-state index in [4.69, 9.17) is 0 Å². The summed E-state index contributed by atoms with van der Waals surface area (Å²) >= 11 is 0. The zero-order valence-electron chi connectivity index (χ0n) is 10.2. The molecule has 1 unspecified atom stereocenters. The largest absolute Gasteiger partial charge is 0.361 e. The number of carbonyl (C=O) groups is 1. The fraction of sp³-hybridized carbons (Fsp3) is 0.0625. The van der Waals surface area contributed by atoms with Gasteiger partial charge in [0.05, 0.1) is 5.92 Å². The molecule has 0 bridgehead atoms. The van der Waals surface area contributed by atoms with Crippen LogP contribution < -0.4 is 5.32 Å². The van der Waals surface area contributed by atoms with Gasteiger partial charge in [0.15, 0.2) is 0 Å². The summed E-state index contributed by atoms with van der Waals surface area (Å²) in [5, 5.41) is 4.06. The Labute approximate surface area is 110 Å². The summed E-state index contributed by atoms with van der Waals surface area (Å²) in [6, 6.07) is 15.9. The Hall–Kier alpha value is -2.55. The van der Waals surface area contributed by atoms with E-state index in [2.05, 4.69) is 16.4 Å². The maximum Gasteiger partial charge on any atom is 0.236 e. The highest BCUT2D eigenvalue weighted by molar-refractivity contribution is 6.07. The van der Waals surface area contributed by atoms with Crippen molar-refractivity contribution in [2.45, 2.75) is 5.92 Å². The average molecular weight is 248 g/mol. The third-order valence-corrected chi connectivity index (χ3v) is 3.72. The Balaban J connectivity index is 1.95. The van der Waals surface area contributed by atoms with Crippen molar-refractivity contribution >= 4 is 22.5 Å². The molecular formula is C16H12N2O. The van der Waals surface area contributed by atoms with Crippen LogP contribution in [0.1, 0.15) is 17.0 Å². The van der Waals surface area contributed by atoms with E-state index in [0.717, 1.165) is 27.7 Å². The third-order valence-electron chi connectivity index (χ3n) is 3.72. The van der Waals surface area contributed by atoms with Crippen LogP contribution in [0.5, 0.6) is 0 Å². The molecule has 1 aliphatic heterocycles. The van der Waals surface area contributed by atoms with Crippen molar-refractivity contribution in [2.75, 3.05) is 5.32 Å². The summed E-state index contributed by atoms with van der Waals surface area (Å²) in [4.78, 5) is 15.5. The van der Waals surface area contributed by atoms with Crippen LogP contribution in [0.25, 0.3) is 10.9 Å². The molecule has 19 heavy (non-hydrogen) atoms. The molecule has 0 saturated carbocycles. The first kappa shape index (κ1) is 10.4. The summed E-state index contributed by atoms with van der Waals surface area (Å²) in [6.45, 7) is 0. The second kappa shape index (κ2) is 3.72. The van der Waals surface area contributed by atoms with Gasteiger partial charge in [-0.05, 0) is 23.3 Å². The van der Waals surface area contributed by atoms with Crippen molar-refractivity contribution in [1.82, 2.24) is 4.98 Å². The lowest BCUT2D eigenvalue weighted by Gasteiger charge is -2.07. The molecule has 0 fully saturated rings. The van der Waals surface area contributed by atoms with Crippen molar-refractivity contribution in [3.63, 3.8) is 0 Å². The van der Waals surface area contributed by atoms with Crippen LogP contribution in [-0.4, -0.2) is 10.9 Å². The number of fused-ring (bicyclic) bond motifs is 2. The normalized spacial score (nSPS) is 17.5. The second-order valence-electron chi connectivity index (χ2n) is 4.80. The molecule has 2 N–H and O–H groups in total. The van der Waals surface area contributed by atoms with Crippen LogP contribution in [0, 0.1) is 0 Å². The first-order valence-electron chi connectivity index (χ1n) is 6.30. The Morgan fingerprint density at radius 2 is 1.68 bits per heavy atom. The summed E-state index contributed by atoms with van der Waals surface area (Å²) < 4.78 is 0. The zero-order valence-corrected chi connectivity index (χ0v) is 10.2. The predicted octanol–water partition coefficient (Wildman–Crippen LogP) is 3.25. The highest BCUT2D eigenvalue weighted by Gasteiger charge is 2.32. The van der Waals surface area contributed by atoms with Crippen molar-refractivity contribution < 1.29 is 4.79 Å². The Kier molecular flexibility index (Phi) is 2.03. The van der Waals surface area contributed by atoms with Gasteiger partial charge in [0.1, 0.15) is 0 Å². The molecule has 0 spiro atoms. The summed E-state index contributed by atoms with van der Waals surface area (Å²) in [5.74, 6) is -0.168. The molecule has 1 amide bonds. The second-order valence-corrected chi connectivity index (χ2v) is 4.80. The fourth-order valence-electron chi connectivity index (χ4n) is 2.85. The summed E-state index contributed by atoms with van der Waals surface area (Å²) in [5.41, 5.74) is 4.08. The number of amides is 1. The molecule has 3 aromatic rings. The maximum absolute atomic E-state index is 12.2. The highest BCUT2D eigenvalue weighted by atomic mass is 16.2. The molecule has 2 aromatic carbocycles. The first-order valence-corrected chi connectivity index (χ1v) is 6.30. The number of anilines is 1. The van der Waals surface area contributed by atoms with Gasteiger partial charge in [-0.25, -0.2) is 0 Å². The molecule has 0 aliphatic carbocycles. The van der Waals surface area contributed by atoms with E-state index < -0.39 is 0 Å². The van der Waals surface area contributed by atoms with Gasteiger partial charge in [0.25, 0.3) is 0 Å². The lowest BCUT2D eigenvalue weighted by atomic mass is 9.92. The van der Waals surface area contributed by atoms with Crippen LogP contribution >= 0.6 is 0 Å². The molecule has 1 aliphatic rings. The van der Waals surface area contributed by atoms with Gasteiger partial charge in [0, 0.05) is 22.8 Å². The molecule has 2 heterocycles. The van der Waals surface area contributed by atoms with E-state index in [1.54, 1.807) is 0 Å². The van der Waals surface area contributed by atoms with Crippen LogP contribution in [0.15, 0.2) is 54.7 Å². The van der Waals surface area contributed by atoms with Crippen LogP contribution in [0.4, 0.5) is 5.69 Å². The SMILES string of the molecule is O=C1Nc2ccccc2C1c1c[nH]c2ccccc12. The molecular weight excluding hydrogens is 236 g/mol. The van der Waals surface area contributed by atoms with E-state index in [0.29, 0.717) is 0 Å². The van der Waals surface area contributed by atoms with Crippen LogP contribution in [-0.2, 0) is 4.79 Å². The van der Waals surface area contributed by atoms with E-state index >= 15 is 0 Å². The molecule has 1 atom stereocenters. The molecule has 1 aromatic heterocycles. The minimum absolute atomic E-state index is 0.0472. The first-order chi connectivity index (χ1) is 9.34.